The van der Waals surface area contributed by atoms with E-state index in [1.54, 1.807) is 12.1 Å². The molecule has 0 aliphatic carbocycles. The molecule has 2 heterocycles. The van der Waals surface area contributed by atoms with E-state index < -0.39 is 17.4 Å². The lowest BCUT2D eigenvalue weighted by atomic mass is 9.99. The van der Waals surface area contributed by atoms with Gasteiger partial charge in [-0.05, 0) is 19.1 Å². The van der Waals surface area contributed by atoms with Crippen LogP contribution in [0.4, 0.5) is 0 Å². The van der Waals surface area contributed by atoms with Gasteiger partial charge in [-0.2, -0.15) is 0 Å². The third-order valence-corrected chi connectivity index (χ3v) is 4.44. The first-order valence-corrected chi connectivity index (χ1v) is 7.25. The van der Waals surface area contributed by atoms with Gasteiger partial charge in [-0.3, -0.25) is 14.0 Å². The van der Waals surface area contributed by atoms with Gasteiger partial charge >= 0.3 is 5.97 Å². The third kappa shape index (κ3) is 1.61. The van der Waals surface area contributed by atoms with Gasteiger partial charge in [-0.1, -0.05) is 30.3 Å². The summed E-state index contributed by atoms with van der Waals surface area (Å²) in [5, 5.41) is 22.0. The summed E-state index contributed by atoms with van der Waals surface area (Å²) in [6.07, 6.45) is 0. The van der Waals surface area contributed by atoms with Crippen molar-refractivity contribution in [3.63, 3.8) is 0 Å². The number of carbonyl (C=O) groups is 1. The molecule has 5 nitrogen and oxygen atoms in total. The lowest BCUT2D eigenvalue weighted by Gasteiger charge is -2.12. The molecule has 0 saturated carbocycles. The van der Waals surface area contributed by atoms with Crippen molar-refractivity contribution in [2.45, 2.75) is 12.8 Å². The van der Waals surface area contributed by atoms with Crippen molar-refractivity contribution in [1.82, 2.24) is 4.40 Å². The predicted molar refractivity (Wildman–Crippen MR) is 87.6 cm³/mol. The van der Waals surface area contributed by atoms with Gasteiger partial charge in [-0.25, -0.2) is 0 Å². The van der Waals surface area contributed by atoms with Gasteiger partial charge in [0.05, 0.1) is 22.5 Å². The number of para-hydroxylation sites is 2. The summed E-state index contributed by atoms with van der Waals surface area (Å²) >= 11 is 0. The first kappa shape index (κ1) is 13.6. The molecule has 2 aromatic carbocycles. The minimum atomic E-state index is -1.15. The normalized spacial score (nSPS) is 13.1. The Balaban J connectivity index is 2.36. The number of carboxylic acid groups (broad SMARTS) is 1. The summed E-state index contributed by atoms with van der Waals surface area (Å²) < 4.78 is 1.51. The predicted octanol–water partition coefficient (Wildman–Crippen LogP) is 2.94. The molecular weight excluding hydrogens is 294 g/mol. The number of rotatable bonds is 2. The average Bonchev–Trinajstić information content (AvgIpc) is 2.88. The van der Waals surface area contributed by atoms with E-state index >= 15 is 0 Å². The van der Waals surface area contributed by atoms with Crippen LogP contribution >= 0.6 is 0 Å². The van der Waals surface area contributed by atoms with Crippen LogP contribution in [0.2, 0.25) is 0 Å². The van der Waals surface area contributed by atoms with Crippen LogP contribution in [0.15, 0.2) is 47.3 Å². The Labute approximate surface area is 130 Å². The molecule has 0 aliphatic heterocycles. The van der Waals surface area contributed by atoms with Crippen molar-refractivity contribution in [2.75, 3.05) is 0 Å². The van der Waals surface area contributed by atoms with Gasteiger partial charge in [0.15, 0.2) is 0 Å². The molecule has 23 heavy (non-hydrogen) atoms. The molecule has 0 aliphatic rings. The highest BCUT2D eigenvalue weighted by molar-refractivity contribution is 6.15. The Hall–Kier alpha value is -3.08. The van der Waals surface area contributed by atoms with Crippen LogP contribution < -0.4 is 5.56 Å². The van der Waals surface area contributed by atoms with Crippen molar-refractivity contribution < 1.29 is 15.0 Å². The van der Waals surface area contributed by atoms with Crippen molar-refractivity contribution >= 4 is 33.2 Å². The molecule has 0 bridgehead atoms. The highest BCUT2D eigenvalue weighted by Crippen LogP contribution is 2.37. The maximum atomic E-state index is 12.9. The number of aromatic nitrogens is 1. The fraction of sp³-hybridized carbons (Fsp3) is 0.111. The summed E-state index contributed by atoms with van der Waals surface area (Å²) in [6.45, 7) is 1.41. The minimum Gasteiger partial charge on any atom is -0.507 e. The van der Waals surface area contributed by atoms with Gasteiger partial charge in [0, 0.05) is 16.2 Å². The standard InChI is InChI=1S/C18H13NO4/c1-9(18(22)23)14-16(20)12-7-4-6-11-10-5-2-3-8-13(10)19(15(11)12)17(14)21/h2-9,20H,1H3,(H,22,23). The monoisotopic (exact) mass is 307 g/mol. The first-order chi connectivity index (χ1) is 11.0. The second-order valence-electron chi connectivity index (χ2n) is 5.68. The Kier molecular flexibility index (Phi) is 2.63. The fourth-order valence-corrected chi connectivity index (χ4v) is 3.30. The number of hydrogen-bond donors (Lipinski definition) is 2. The molecule has 4 rings (SSSR count). The summed E-state index contributed by atoms with van der Waals surface area (Å²) in [5.74, 6) is -2.48. The topological polar surface area (TPSA) is 79.0 Å². The number of nitrogens with zero attached hydrogens (tertiary/aromatic N) is 1. The van der Waals surface area contributed by atoms with Gasteiger partial charge in [-0.15, -0.1) is 0 Å². The minimum absolute atomic E-state index is 0.0844. The van der Waals surface area contributed by atoms with Crippen molar-refractivity contribution in [2.24, 2.45) is 0 Å². The molecule has 1 atom stereocenters. The van der Waals surface area contributed by atoms with Crippen LogP contribution in [-0.4, -0.2) is 20.6 Å². The van der Waals surface area contributed by atoms with Gasteiger partial charge in [0.1, 0.15) is 5.75 Å². The highest BCUT2D eigenvalue weighted by atomic mass is 16.4. The number of carboxylic acids is 1. The van der Waals surface area contributed by atoms with Gasteiger partial charge < -0.3 is 10.2 Å². The maximum absolute atomic E-state index is 12.9. The second kappa shape index (κ2) is 4.46. The molecule has 2 N–H and O–H groups in total. The summed E-state index contributed by atoms with van der Waals surface area (Å²) in [7, 11) is 0. The molecule has 0 radical (unpaired) electrons. The first-order valence-electron chi connectivity index (χ1n) is 7.25. The van der Waals surface area contributed by atoms with E-state index in [0.717, 1.165) is 10.8 Å². The van der Waals surface area contributed by atoms with Crippen LogP contribution in [0.5, 0.6) is 5.75 Å². The Bertz CT molecular complexity index is 1140. The maximum Gasteiger partial charge on any atom is 0.311 e. The molecule has 0 amide bonds. The summed E-state index contributed by atoms with van der Waals surface area (Å²) in [5.41, 5.74) is 0.765. The van der Waals surface area contributed by atoms with Crippen molar-refractivity contribution in [1.29, 1.82) is 0 Å². The van der Waals surface area contributed by atoms with E-state index in [9.17, 15) is 19.8 Å². The Morgan fingerprint density at radius 3 is 2.43 bits per heavy atom. The Morgan fingerprint density at radius 1 is 1.04 bits per heavy atom. The molecule has 1 unspecified atom stereocenters. The van der Waals surface area contributed by atoms with E-state index in [1.807, 2.05) is 30.3 Å². The van der Waals surface area contributed by atoms with Crippen molar-refractivity contribution in [3.05, 3.63) is 58.4 Å². The lowest BCUT2D eigenvalue weighted by Crippen LogP contribution is -2.23. The number of aliphatic carboxylic acids is 1. The summed E-state index contributed by atoms with van der Waals surface area (Å²) in [6, 6.07) is 12.8. The zero-order valence-corrected chi connectivity index (χ0v) is 12.3. The SMILES string of the molecule is CC(C(=O)O)c1c(O)c2cccc3c4ccccc4n(c1=O)c23. The molecular formula is C18H13NO4. The zero-order chi connectivity index (χ0) is 16.3. The molecule has 5 heteroatoms. The van der Waals surface area contributed by atoms with E-state index in [0.29, 0.717) is 16.4 Å². The van der Waals surface area contributed by atoms with Crippen molar-refractivity contribution in [3.8, 4) is 5.75 Å². The molecule has 0 fully saturated rings. The number of pyridine rings is 1. The number of fused-ring (bicyclic) bond motifs is 3. The van der Waals surface area contributed by atoms with E-state index in [1.165, 1.54) is 11.3 Å². The van der Waals surface area contributed by atoms with Crippen LogP contribution in [0, 0.1) is 0 Å². The molecule has 4 aromatic rings. The summed E-state index contributed by atoms with van der Waals surface area (Å²) in [4.78, 5) is 24.3. The van der Waals surface area contributed by atoms with Crippen LogP contribution in [0.3, 0.4) is 0 Å². The van der Waals surface area contributed by atoms with Gasteiger partial charge in [0.2, 0.25) is 0 Å². The smallest absolute Gasteiger partial charge is 0.311 e. The largest absolute Gasteiger partial charge is 0.507 e. The van der Waals surface area contributed by atoms with E-state index in [4.69, 9.17) is 0 Å². The van der Waals surface area contributed by atoms with Crippen LogP contribution in [0.25, 0.3) is 27.2 Å². The highest BCUT2D eigenvalue weighted by Gasteiger charge is 2.26. The van der Waals surface area contributed by atoms with E-state index in [-0.39, 0.29) is 11.3 Å². The zero-order valence-electron chi connectivity index (χ0n) is 12.3. The van der Waals surface area contributed by atoms with E-state index in [2.05, 4.69) is 0 Å². The lowest BCUT2D eigenvalue weighted by molar-refractivity contribution is -0.138. The quantitative estimate of drug-likeness (QED) is 0.597. The van der Waals surface area contributed by atoms with Crippen LogP contribution in [-0.2, 0) is 4.79 Å². The molecule has 114 valence electrons. The average molecular weight is 307 g/mol. The number of aromatic hydroxyl groups is 1. The molecule has 0 saturated heterocycles. The number of benzene rings is 2. The Morgan fingerprint density at radius 2 is 1.70 bits per heavy atom. The second-order valence-corrected chi connectivity index (χ2v) is 5.68. The molecule has 2 aromatic heterocycles. The molecule has 0 spiro atoms. The van der Waals surface area contributed by atoms with Gasteiger partial charge in [0.25, 0.3) is 5.56 Å². The van der Waals surface area contributed by atoms with Crippen LogP contribution in [0.1, 0.15) is 18.4 Å². The number of hydrogen-bond acceptors (Lipinski definition) is 3. The third-order valence-electron chi connectivity index (χ3n) is 4.44. The fourth-order valence-electron chi connectivity index (χ4n) is 3.30.